The number of fused-ring (bicyclic) bond motifs is 1. The summed E-state index contributed by atoms with van der Waals surface area (Å²) < 4.78 is 13.2. The minimum Gasteiger partial charge on any atom is -0.355 e. The number of nitrogens with zero attached hydrogens (tertiary/aromatic N) is 1. The Kier molecular flexibility index (Phi) is 6.08. The van der Waals surface area contributed by atoms with Crippen LogP contribution in [0.5, 0.6) is 0 Å². The fraction of sp³-hybridized carbons (Fsp3) is 0.150. The Hall–Kier alpha value is -2.49. The van der Waals surface area contributed by atoms with Crippen LogP contribution >= 0.6 is 34.4 Å². The van der Waals surface area contributed by atoms with E-state index in [1.165, 1.54) is 40.1 Å². The molecule has 3 heterocycles. The number of hydrogen-bond donors (Lipinski definition) is 2. The van der Waals surface area contributed by atoms with Gasteiger partial charge in [-0.25, -0.2) is 9.37 Å². The van der Waals surface area contributed by atoms with E-state index >= 15 is 0 Å². The molecule has 0 saturated heterocycles. The first-order chi connectivity index (χ1) is 14.1. The Balaban J connectivity index is 1.42. The third-order valence-electron chi connectivity index (χ3n) is 4.19. The van der Waals surface area contributed by atoms with Gasteiger partial charge in [0.2, 0.25) is 5.91 Å². The molecular weight excluding hydrogens is 429 g/mol. The maximum Gasteiger partial charge on any atom is 0.260 e. The first-order valence-corrected chi connectivity index (χ1v) is 11.5. The van der Waals surface area contributed by atoms with Crippen molar-refractivity contribution in [2.45, 2.75) is 11.6 Å². The highest BCUT2D eigenvalue weighted by atomic mass is 32.2. The van der Waals surface area contributed by atoms with E-state index in [1.54, 1.807) is 23.5 Å². The van der Waals surface area contributed by atoms with Crippen molar-refractivity contribution in [2.75, 3.05) is 12.3 Å². The van der Waals surface area contributed by atoms with Crippen LogP contribution in [0.4, 0.5) is 4.39 Å². The maximum absolute atomic E-state index is 13.2. The molecule has 0 spiro atoms. The molecule has 2 N–H and O–H groups in total. The quantitative estimate of drug-likeness (QED) is 0.328. The van der Waals surface area contributed by atoms with Gasteiger partial charge in [0.15, 0.2) is 5.16 Å². The van der Waals surface area contributed by atoms with E-state index in [9.17, 15) is 14.0 Å². The summed E-state index contributed by atoms with van der Waals surface area (Å²) in [7, 11) is 0. The summed E-state index contributed by atoms with van der Waals surface area (Å²) in [5.74, 6) is -0.255. The van der Waals surface area contributed by atoms with Crippen LogP contribution in [0.25, 0.3) is 21.3 Å². The number of benzene rings is 1. The fourth-order valence-corrected chi connectivity index (χ4v) is 5.21. The fourth-order valence-electron chi connectivity index (χ4n) is 2.80. The highest BCUT2D eigenvalue weighted by Gasteiger charge is 2.14. The number of carbonyl (C=O) groups is 1. The van der Waals surface area contributed by atoms with Gasteiger partial charge in [0.25, 0.3) is 5.56 Å². The molecule has 0 bridgehead atoms. The summed E-state index contributed by atoms with van der Waals surface area (Å²) in [6, 6.07) is 10.0. The summed E-state index contributed by atoms with van der Waals surface area (Å²) in [6.45, 7) is 0.578. The average Bonchev–Trinajstić information content (AvgIpc) is 3.37. The monoisotopic (exact) mass is 445 g/mol. The van der Waals surface area contributed by atoms with Gasteiger partial charge in [0, 0.05) is 22.4 Å². The third-order valence-corrected chi connectivity index (χ3v) is 6.87. The number of aromatic nitrogens is 2. The molecule has 3 aromatic heterocycles. The van der Waals surface area contributed by atoms with Crippen LogP contribution < -0.4 is 10.9 Å². The molecule has 0 atom stereocenters. The smallest absolute Gasteiger partial charge is 0.260 e. The lowest BCUT2D eigenvalue weighted by molar-refractivity contribution is -0.118. The number of rotatable bonds is 7. The summed E-state index contributed by atoms with van der Waals surface area (Å²) in [6.07, 6.45) is 0.802. The van der Waals surface area contributed by atoms with E-state index in [0.717, 1.165) is 17.5 Å². The second-order valence-electron chi connectivity index (χ2n) is 6.18. The highest BCUT2D eigenvalue weighted by Crippen LogP contribution is 2.31. The van der Waals surface area contributed by atoms with Crippen molar-refractivity contribution in [3.63, 3.8) is 0 Å². The first kappa shape index (κ1) is 19.8. The van der Waals surface area contributed by atoms with Gasteiger partial charge in [-0.2, -0.15) is 0 Å². The number of aromatic amines is 1. The Morgan fingerprint density at radius 1 is 1.21 bits per heavy atom. The summed E-state index contributed by atoms with van der Waals surface area (Å²) in [4.78, 5) is 33.7. The molecule has 9 heteroatoms. The van der Waals surface area contributed by atoms with Crippen molar-refractivity contribution >= 4 is 50.6 Å². The van der Waals surface area contributed by atoms with E-state index in [2.05, 4.69) is 15.3 Å². The molecule has 148 valence electrons. The number of halogens is 1. The zero-order chi connectivity index (χ0) is 20.2. The average molecular weight is 446 g/mol. The van der Waals surface area contributed by atoms with Crippen molar-refractivity contribution in [1.82, 2.24) is 15.3 Å². The van der Waals surface area contributed by atoms with Gasteiger partial charge in [-0.05, 0) is 35.6 Å². The molecule has 0 aliphatic carbocycles. The molecular formula is C20H16FN3O2S3. The van der Waals surface area contributed by atoms with Crippen molar-refractivity contribution in [1.29, 1.82) is 0 Å². The van der Waals surface area contributed by atoms with Gasteiger partial charge in [0.1, 0.15) is 10.6 Å². The number of nitrogens with one attached hydrogen (secondary N) is 2. The van der Waals surface area contributed by atoms with Crippen LogP contribution in [0.2, 0.25) is 0 Å². The van der Waals surface area contributed by atoms with E-state index in [-0.39, 0.29) is 23.0 Å². The highest BCUT2D eigenvalue weighted by molar-refractivity contribution is 7.99. The van der Waals surface area contributed by atoms with Gasteiger partial charge in [-0.1, -0.05) is 30.0 Å². The number of thiophene rings is 2. The number of carbonyl (C=O) groups excluding carboxylic acids is 1. The van der Waals surface area contributed by atoms with Crippen LogP contribution in [-0.4, -0.2) is 28.2 Å². The van der Waals surface area contributed by atoms with Crippen LogP contribution in [0, 0.1) is 5.82 Å². The van der Waals surface area contributed by atoms with Crippen molar-refractivity contribution in [3.8, 4) is 11.1 Å². The molecule has 4 rings (SSSR count). The van der Waals surface area contributed by atoms with Gasteiger partial charge in [0.05, 0.1) is 11.1 Å². The third kappa shape index (κ3) is 4.75. The Morgan fingerprint density at radius 3 is 2.79 bits per heavy atom. The van der Waals surface area contributed by atoms with Crippen molar-refractivity contribution in [2.24, 2.45) is 0 Å². The Labute approximate surface area is 178 Å². The first-order valence-electron chi connectivity index (χ1n) is 8.79. The lowest BCUT2D eigenvalue weighted by atomic mass is 10.1. The lowest BCUT2D eigenvalue weighted by Crippen LogP contribution is -2.27. The zero-order valence-electron chi connectivity index (χ0n) is 15.1. The molecule has 0 radical (unpaired) electrons. The SMILES string of the molecule is O=C(CSc1nc2scc(-c3ccc(F)cc3)c2c(=O)[nH]1)NCCc1cccs1. The number of hydrogen-bond acceptors (Lipinski definition) is 6. The second kappa shape index (κ2) is 8.89. The molecule has 1 aromatic carbocycles. The minimum atomic E-state index is -0.326. The van der Waals surface area contributed by atoms with E-state index < -0.39 is 0 Å². The predicted octanol–water partition coefficient (Wildman–Crippen LogP) is 4.30. The Morgan fingerprint density at radius 2 is 2.03 bits per heavy atom. The molecule has 0 unspecified atom stereocenters. The summed E-state index contributed by atoms with van der Waals surface area (Å²) in [5, 5.41) is 7.61. The van der Waals surface area contributed by atoms with Gasteiger partial charge >= 0.3 is 0 Å². The van der Waals surface area contributed by atoms with Gasteiger partial charge in [-0.15, -0.1) is 22.7 Å². The molecule has 0 fully saturated rings. The predicted molar refractivity (Wildman–Crippen MR) is 117 cm³/mol. The topological polar surface area (TPSA) is 74.8 Å². The normalized spacial score (nSPS) is 11.1. The summed E-state index contributed by atoms with van der Waals surface area (Å²) >= 11 is 4.21. The van der Waals surface area contributed by atoms with Crippen LogP contribution in [0.3, 0.4) is 0 Å². The zero-order valence-corrected chi connectivity index (χ0v) is 17.6. The molecule has 0 aliphatic rings. The van der Waals surface area contributed by atoms with Gasteiger partial charge in [-0.3, -0.25) is 9.59 Å². The molecule has 1 amide bonds. The molecule has 29 heavy (non-hydrogen) atoms. The van der Waals surface area contributed by atoms with Crippen LogP contribution in [0.15, 0.2) is 57.1 Å². The molecule has 0 aliphatic heterocycles. The lowest BCUT2D eigenvalue weighted by Gasteiger charge is -2.04. The number of amides is 1. The maximum atomic E-state index is 13.2. The minimum absolute atomic E-state index is 0.104. The van der Waals surface area contributed by atoms with Crippen molar-refractivity contribution < 1.29 is 9.18 Å². The van der Waals surface area contributed by atoms with Crippen LogP contribution in [-0.2, 0) is 11.2 Å². The van der Waals surface area contributed by atoms with E-state index in [1.807, 2.05) is 22.9 Å². The Bertz CT molecular complexity index is 1180. The van der Waals surface area contributed by atoms with Crippen molar-refractivity contribution in [3.05, 3.63) is 68.2 Å². The van der Waals surface area contributed by atoms with E-state index in [4.69, 9.17) is 0 Å². The molecule has 4 aromatic rings. The standard InChI is InChI=1S/C20H16FN3O2S3/c21-13-5-3-12(4-6-13)15-10-28-19-17(15)18(26)23-20(24-19)29-11-16(25)22-8-7-14-2-1-9-27-14/h1-6,9-10H,7-8,11H2,(H,22,25)(H,23,24,26). The number of H-pyrrole nitrogens is 1. The van der Waals surface area contributed by atoms with Crippen LogP contribution in [0.1, 0.15) is 4.88 Å². The second-order valence-corrected chi connectivity index (χ2v) is 9.03. The summed E-state index contributed by atoms with van der Waals surface area (Å²) in [5.41, 5.74) is 1.22. The molecule has 0 saturated carbocycles. The molecule has 5 nitrogen and oxygen atoms in total. The largest absolute Gasteiger partial charge is 0.355 e. The van der Waals surface area contributed by atoms with E-state index in [0.29, 0.717) is 21.9 Å². The van der Waals surface area contributed by atoms with Gasteiger partial charge < -0.3 is 10.3 Å². The number of thioether (sulfide) groups is 1.